The van der Waals surface area contributed by atoms with E-state index in [0.717, 1.165) is 6.42 Å². The highest BCUT2D eigenvalue weighted by molar-refractivity contribution is 5.81. The zero-order chi connectivity index (χ0) is 14.8. The van der Waals surface area contributed by atoms with Crippen molar-refractivity contribution < 1.29 is 19.8 Å². The molecule has 2 atom stereocenters. The van der Waals surface area contributed by atoms with Gasteiger partial charge in [0.1, 0.15) is 6.54 Å². The van der Waals surface area contributed by atoms with Crippen molar-refractivity contribution in [1.29, 1.82) is 0 Å². The fourth-order valence-corrected chi connectivity index (χ4v) is 2.25. The van der Waals surface area contributed by atoms with Crippen molar-refractivity contribution in [2.24, 2.45) is 5.92 Å². The van der Waals surface area contributed by atoms with E-state index in [-0.39, 0.29) is 18.5 Å². The number of carboxylic acid groups (broad SMARTS) is 1. The van der Waals surface area contributed by atoms with E-state index in [2.05, 4.69) is 0 Å². The lowest BCUT2D eigenvalue weighted by Crippen LogP contribution is -2.53. The number of hydrogen-bond acceptors (Lipinski definition) is 3. The van der Waals surface area contributed by atoms with E-state index in [4.69, 9.17) is 5.11 Å². The molecule has 110 valence electrons. The van der Waals surface area contributed by atoms with E-state index in [0.29, 0.717) is 13.1 Å². The van der Waals surface area contributed by atoms with Crippen LogP contribution in [0.15, 0.2) is 0 Å². The number of carboxylic acids is 1. The molecule has 0 radical (unpaired) electrons. The first-order valence-corrected chi connectivity index (χ1v) is 6.59. The molecule has 0 saturated carbocycles. The van der Waals surface area contributed by atoms with E-state index in [1.54, 1.807) is 11.8 Å². The van der Waals surface area contributed by atoms with Gasteiger partial charge < -0.3 is 20.0 Å². The van der Waals surface area contributed by atoms with Crippen LogP contribution in [-0.4, -0.2) is 63.3 Å². The molecule has 6 heteroatoms. The number of amides is 2. The summed E-state index contributed by atoms with van der Waals surface area (Å²) in [6, 6.07) is -0.266. The number of aliphatic hydroxyl groups is 1. The van der Waals surface area contributed by atoms with E-state index < -0.39 is 17.6 Å². The van der Waals surface area contributed by atoms with Gasteiger partial charge in [-0.1, -0.05) is 0 Å². The molecule has 0 spiro atoms. The molecule has 1 heterocycles. The summed E-state index contributed by atoms with van der Waals surface area (Å²) >= 11 is 0. The van der Waals surface area contributed by atoms with E-state index >= 15 is 0 Å². The first-order valence-electron chi connectivity index (χ1n) is 6.59. The Bertz CT molecular complexity index is 349. The second kappa shape index (κ2) is 5.77. The van der Waals surface area contributed by atoms with Crippen molar-refractivity contribution in [2.75, 3.05) is 19.6 Å². The summed E-state index contributed by atoms with van der Waals surface area (Å²) in [6.45, 7) is 7.92. The van der Waals surface area contributed by atoms with Gasteiger partial charge in [0.25, 0.3) is 0 Å². The quantitative estimate of drug-likeness (QED) is 0.803. The topological polar surface area (TPSA) is 81.1 Å². The minimum absolute atomic E-state index is 0.0793. The third-order valence-electron chi connectivity index (χ3n) is 3.51. The molecule has 1 aliphatic rings. The lowest BCUT2D eigenvalue weighted by atomic mass is 10.0. The van der Waals surface area contributed by atoms with Gasteiger partial charge in [-0.3, -0.25) is 4.79 Å². The predicted octanol–water partition coefficient (Wildman–Crippen LogP) is 0.994. The van der Waals surface area contributed by atoms with Crippen LogP contribution >= 0.6 is 0 Å². The van der Waals surface area contributed by atoms with Crippen LogP contribution < -0.4 is 0 Å². The summed E-state index contributed by atoms with van der Waals surface area (Å²) in [4.78, 5) is 26.3. The van der Waals surface area contributed by atoms with Crippen LogP contribution in [0.25, 0.3) is 0 Å². The average Bonchev–Trinajstić information content (AvgIpc) is 2.72. The Morgan fingerprint density at radius 2 is 2.00 bits per heavy atom. The number of aliphatic carboxylic acids is 1. The fourth-order valence-electron chi connectivity index (χ4n) is 2.25. The van der Waals surface area contributed by atoms with Gasteiger partial charge in [-0.05, 0) is 34.1 Å². The zero-order valence-electron chi connectivity index (χ0n) is 12.1. The van der Waals surface area contributed by atoms with Gasteiger partial charge in [0.15, 0.2) is 0 Å². The molecular formula is C13H24N2O4. The molecule has 2 N–H and O–H groups in total. The zero-order valence-corrected chi connectivity index (χ0v) is 12.1. The summed E-state index contributed by atoms with van der Waals surface area (Å²) in [5, 5.41) is 18.5. The highest BCUT2D eigenvalue weighted by Gasteiger charge is 2.36. The first kappa shape index (κ1) is 15.8. The molecule has 1 rings (SSSR count). The maximum atomic E-state index is 12.4. The Morgan fingerprint density at radius 1 is 1.42 bits per heavy atom. The predicted molar refractivity (Wildman–Crippen MR) is 70.9 cm³/mol. The van der Waals surface area contributed by atoms with Crippen molar-refractivity contribution in [2.45, 2.75) is 45.8 Å². The van der Waals surface area contributed by atoms with Crippen molar-refractivity contribution >= 4 is 12.0 Å². The lowest BCUT2D eigenvalue weighted by Gasteiger charge is -2.37. The molecule has 0 aliphatic carbocycles. The number of carbonyl (C=O) groups is 2. The summed E-state index contributed by atoms with van der Waals surface area (Å²) in [5.41, 5.74) is -0.543. The molecule has 1 saturated heterocycles. The van der Waals surface area contributed by atoms with E-state index in [1.807, 2.05) is 20.8 Å². The number of likely N-dealkylation sites (tertiary alicyclic amines) is 1. The van der Waals surface area contributed by atoms with Crippen LogP contribution in [0.2, 0.25) is 0 Å². The van der Waals surface area contributed by atoms with Gasteiger partial charge >= 0.3 is 12.0 Å². The van der Waals surface area contributed by atoms with Gasteiger partial charge in [0.05, 0.1) is 6.10 Å². The number of carbonyl (C=O) groups excluding carboxylic acids is 1. The maximum absolute atomic E-state index is 12.4. The standard InChI is InChI=1S/C13H24N2O4/c1-9(16)10-5-6-14(7-10)12(19)15(8-11(17)18)13(2,3)4/h9-10,16H,5-8H2,1-4H3,(H,17,18). The molecular weight excluding hydrogens is 248 g/mol. The highest BCUT2D eigenvalue weighted by atomic mass is 16.4. The summed E-state index contributed by atoms with van der Waals surface area (Å²) in [7, 11) is 0. The number of rotatable bonds is 3. The number of urea groups is 1. The SMILES string of the molecule is CC(O)C1CCN(C(=O)N(CC(=O)O)C(C)(C)C)C1. The Labute approximate surface area is 114 Å². The lowest BCUT2D eigenvalue weighted by molar-refractivity contribution is -0.138. The Balaban J connectivity index is 2.76. The minimum atomic E-state index is -1.02. The van der Waals surface area contributed by atoms with Crippen molar-refractivity contribution in [3.8, 4) is 0 Å². The van der Waals surface area contributed by atoms with Crippen molar-refractivity contribution in [3.63, 3.8) is 0 Å². The Morgan fingerprint density at radius 3 is 2.37 bits per heavy atom. The van der Waals surface area contributed by atoms with Gasteiger partial charge in [-0.2, -0.15) is 0 Å². The van der Waals surface area contributed by atoms with Crippen LogP contribution in [-0.2, 0) is 4.79 Å². The van der Waals surface area contributed by atoms with Crippen LogP contribution in [0.5, 0.6) is 0 Å². The molecule has 2 unspecified atom stereocenters. The van der Waals surface area contributed by atoms with Crippen LogP contribution in [0, 0.1) is 5.92 Å². The molecule has 6 nitrogen and oxygen atoms in total. The van der Waals surface area contributed by atoms with Gasteiger partial charge in [0.2, 0.25) is 0 Å². The largest absolute Gasteiger partial charge is 0.480 e. The molecule has 0 aromatic carbocycles. The fraction of sp³-hybridized carbons (Fsp3) is 0.846. The molecule has 1 fully saturated rings. The molecule has 0 bridgehead atoms. The Hall–Kier alpha value is -1.30. The van der Waals surface area contributed by atoms with Crippen LogP contribution in [0.3, 0.4) is 0 Å². The third-order valence-corrected chi connectivity index (χ3v) is 3.51. The monoisotopic (exact) mass is 272 g/mol. The van der Waals surface area contributed by atoms with E-state index in [9.17, 15) is 14.7 Å². The third kappa shape index (κ3) is 4.09. The van der Waals surface area contributed by atoms with Crippen molar-refractivity contribution in [1.82, 2.24) is 9.80 Å². The molecule has 1 aliphatic heterocycles. The average molecular weight is 272 g/mol. The van der Waals surface area contributed by atoms with Crippen LogP contribution in [0.4, 0.5) is 4.79 Å². The minimum Gasteiger partial charge on any atom is -0.480 e. The summed E-state index contributed by atoms with van der Waals surface area (Å²) in [6.07, 6.45) is 0.314. The smallest absolute Gasteiger partial charge is 0.323 e. The summed E-state index contributed by atoms with van der Waals surface area (Å²) in [5.74, 6) is -0.940. The molecule has 0 aromatic heterocycles. The first-order chi connectivity index (χ1) is 8.62. The summed E-state index contributed by atoms with van der Waals surface area (Å²) < 4.78 is 0. The second-order valence-electron chi connectivity index (χ2n) is 6.17. The molecule has 0 aromatic rings. The maximum Gasteiger partial charge on any atom is 0.323 e. The normalized spacial score (nSPS) is 21.3. The number of aliphatic hydroxyl groups excluding tert-OH is 1. The van der Waals surface area contributed by atoms with E-state index in [1.165, 1.54) is 4.90 Å². The van der Waals surface area contributed by atoms with Gasteiger partial charge in [0, 0.05) is 24.5 Å². The highest BCUT2D eigenvalue weighted by Crippen LogP contribution is 2.23. The molecule has 2 amide bonds. The number of hydrogen-bond donors (Lipinski definition) is 2. The Kier molecular flexibility index (Phi) is 4.79. The van der Waals surface area contributed by atoms with Gasteiger partial charge in [-0.15, -0.1) is 0 Å². The molecule has 19 heavy (non-hydrogen) atoms. The van der Waals surface area contributed by atoms with Gasteiger partial charge in [-0.25, -0.2) is 4.79 Å². The van der Waals surface area contributed by atoms with Crippen LogP contribution in [0.1, 0.15) is 34.1 Å². The second-order valence-corrected chi connectivity index (χ2v) is 6.17. The van der Waals surface area contributed by atoms with Crippen molar-refractivity contribution in [3.05, 3.63) is 0 Å². The number of nitrogens with zero attached hydrogens (tertiary/aromatic N) is 2.